The maximum atomic E-state index is 12.9. The molecule has 1 fully saturated rings. The van der Waals surface area contributed by atoms with Crippen LogP contribution >= 0.6 is 11.8 Å². The van der Waals surface area contributed by atoms with Crippen molar-refractivity contribution in [3.05, 3.63) is 42.5 Å². The summed E-state index contributed by atoms with van der Waals surface area (Å²) in [6, 6.07) is 14.4. The molecule has 2 N–H and O–H groups in total. The Bertz CT molecular complexity index is 813. The second-order valence-corrected chi connectivity index (χ2v) is 8.09. The minimum Gasteiger partial charge on any atom is -0.486 e. The highest BCUT2D eigenvalue weighted by Crippen LogP contribution is 2.42. The third kappa shape index (κ3) is 4.39. The molecule has 5 nitrogen and oxygen atoms in total. The highest BCUT2D eigenvalue weighted by molar-refractivity contribution is 7.99. The third-order valence-electron chi connectivity index (χ3n) is 4.87. The summed E-state index contributed by atoms with van der Waals surface area (Å²) in [6.07, 6.45) is 1.72. The van der Waals surface area contributed by atoms with Crippen LogP contribution in [0, 0.1) is 5.92 Å². The van der Waals surface area contributed by atoms with Gasteiger partial charge in [0.25, 0.3) is 0 Å². The van der Waals surface area contributed by atoms with Crippen molar-refractivity contribution in [2.24, 2.45) is 5.92 Å². The predicted molar refractivity (Wildman–Crippen MR) is 107 cm³/mol. The standard InChI is InChI=1S/C21H24N2O3S/c1-14-11-15(7-8-22-14)21(24)23-17-12-18-19(26-10-9-25-18)13-20(17)27-16-5-3-2-4-6-16/h2-6,12-15,22H,7-11H2,1H3,(H,23,24)/t14-,15-/m0/s1. The van der Waals surface area contributed by atoms with E-state index in [9.17, 15) is 4.79 Å². The molecule has 0 aliphatic carbocycles. The third-order valence-corrected chi connectivity index (χ3v) is 5.93. The van der Waals surface area contributed by atoms with Gasteiger partial charge in [-0.05, 0) is 38.4 Å². The van der Waals surface area contributed by atoms with Crippen molar-refractivity contribution in [1.29, 1.82) is 0 Å². The van der Waals surface area contributed by atoms with Crippen molar-refractivity contribution in [2.45, 2.75) is 35.6 Å². The molecule has 2 aromatic rings. The van der Waals surface area contributed by atoms with Gasteiger partial charge in [0.05, 0.1) is 5.69 Å². The van der Waals surface area contributed by atoms with Gasteiger partial charge in [0.1, 0.15) is 13.2 Å². The molecule has 0 radical (unpaired) electrons. The van der Waals surface area contributed by atoms with Crippen molar-refractivity contribution in [3.63, 3.8) is 0 Å². The van der Waals surface area contributed by atoms with E-state index in [1.165, 1.54) is 0 Å². The summed E-state index contributed by atoms with van der Waals surface area (Å²) >= 11 is 1.61. The zero-order valence-electron chi connectivity index (χ0n) is 15.4. The molecule has 0 aromatic heterocycles. The second-order valence-electron chi connectivity index (χ2n) is 6.97. The largest absolute Gasteiger partial charge is 0.486 e. The average Bonchev–Trinajstić information content (AvgIpc) is 2.69. The number of amides is 1. The quantitative estimate of drug-likeness (QED) is 0.836. The number of hydrogen-bond acceptors (Lipinski definition) is 5. The molecule has 0 bridgehead atoms. The Morgan fingerprint density at radius 2 is 1.89 bits per heavy atom. The van der Waals surface area contributed by atoms with E-state index < -0.39 is 0 Å². The lowest BCUT2D eigenvalue weighted by atomic mass is 9.92. The zero-order valence-corrected chi connectivity index (χ0v) is 16.2. The van der Waals surface area contributed by atoms with E-state index >= 15 is 0 Å². The van der Waals surface area contributed by atoms with Crippen LogP contribution in [0.5, 0.6) is 11.5 Å². The van der Waals surface area contributed by atoms with Gasteiger partial charge in [0.2, 0.25) is 5.91 Å². The Morgan fingerprint density at radius 1 is 1.15 bits per heavy atom. The molecule has 0 saturated carbocycles. The minimum atomic E-state index is 0.0315. The summed E-state index contributed by atoms with van der Waals surface area (Å²) in [4.78, 5) is 14.9. The smallest absolute Gasteiger partial charge is 0.227 e. The van der Waals surface area contributed by atoms with Gasteiger partial charge in [-0.15, -0.1) is 0 Å². The van der Waals surface area contributed by atoms with Gasteiger partial charge < -0.3 is 20.1 Å². The number of carbonyl (C=O) groups is 1. The molecular weight excluding hydrogens is 360 g/mol. The monoisotopic (exact) mass is 384 g/mol. The van der Waals surface area contributed by atoms with Crippen LogP contribution in [0.3, 0.4) is 0 Å². The van der Waals surface area contributed by atoms with Crippen LogP contribution in [-0.2, 0) is 4.79 Å². The SMILES string of the molecule is C[C@H]1C[C@@H](C(=O)Nc2cc3c(cc2Sc2ccccc2)OCCO3)CCN1. The number of fused-ring (bicyclic) bond motifs is 1. The lowest BCUT2D eigenvalue weighted by Crippen LogP contribution is -2.40. The molecule has 1 amide bonds. The van der Waals surface area contributed by atoms with E-state index in [0.29, 0.717) is 25.0 Å². The van der Waals surface area contributed by atoms with E-state index in [1.54, 1.807) is 11.8 Å². The predicted octanol–water partition coefficient (Wildman–Crippen LogP) is 3.94. The Balaban J connectivity index is 1.60. The van der Waals surface area contributed by atoms with Gasteiger partial charge in [0.15, 0.2) is 11.5 Å². The second kappa shape index (κ2) is 8.23. The van der Waals surface area contributed by atoms with Gasteiger partial charge in [-0.3, -0.25) is 4.79 Å². The molecule has 1 saturated heterocycles. The van der Waals surface area contributed by atoms with Gasteiger partial charge in [-0.1, -0.05) is 30.0 Å². The van der Waals surface area contributed by atoms with Crippen molar-refractivity contribution < 1.29 is 14.3 Å². The molecule has 2 aliphatic heterocycles. The summed E-state index contributed by atoms with van der Waals surface area (Å²) in [6.45, 7) is 4.07. The lowest BCUT2D eigenvalue weighted by Gasteiger charge is -2.27. The van der Waals surface area contributed by atoms with Gasteiger partial charge in [-0.25, -0.2) is 0 Å². The average molecular weight is 385 g/mol. The molecular formula is C21H24N2O3S. The zero-order chi connectivity index (χ0) is 18.6. The Kier molecular flexibility index (Phi) is 5.55. The van der Waals surface area contributed by atoms with Crippen molar-refractivity contribution in [1.82, 2.24) is 5.32 Å². The van der Waals surface area contributed by atoms with Crippen molar-refractivity contribution in [3.8, 4) is 11.5 Å². The number of rotatable bonds is 4. The fraction of sp³-hybridized carbons (Fsp3) is 0.381. The maximum absolute atomic E-state index is 12.9. The van der Waals surface area contributed by atoms with E-state index in [1.807, 2.05) is 30.3 Å². The van der Waals surface area contributed by atoms with Crippen LogP contribution < -0.4 is 20.1 Å². The molecule has 2 heterocycles. The van der Waals surface area contributed by atoms with Gasteiger partial charge >= 0.3 is 0 Å². The first-order valence-electron chi connectivity index (χ1n) is 9.40. The molecule has 0 unspecified atom stereocenters. The van der Waals surface area contributed by atoms with Crippen LogP contribution in [0.25, 0.3) is 0 Å². The minimum absolute atomic E-state index is 0.0315. The number of benzene rings is 2. The molecule has 6 heteroatoms. The Labute approximate surface area is 163 Å². The first-order valence-corrected chi connectivity index (χ1v) is 10.2. The molecule has 2 aliphatic rings. The number of hydrogen-bond donors (Lipinski definition) is 2. The molecule has 2 atom stereocenters. The normalized spacial score (nSPS) is 21.5. The molecule has 4 rings (SSSR count). The highest BCUT2D eigenvalue weighted by atomic mass is 32.2. The Hall–Kier alpha value is -2.18. The van der Waals surface area contributed by atoms with Crippen LogP contribution in [0.15, 0.2) is 52.3 Å². The highest BCUT2D eigenvalue weighted by Gasteiger charge is 2.26. The summed E-state index contributed by atoms with van der Waals surface area (Å²) in [5.41, 5.74) is 0.782. The first-order chi connectivity index (χ1) is 13.2. The number of piperidine rings is 1. The van der Waals surface area contributed by atoms with Crippen molar-refractivity contribution >= 4 is 23.4 Å². The topological polar surface area (TPSA) is 59.6 Å². The molecule has 0 spiro atoms. The van der Waals surface area contributed by atoms with Crippen LogP contribution in [0.1, 0.15) is 19.8 Å². The van der Waals surface area contributed by atoms with Crippen LogP contribution in [0.4, 0.5) is 5.69 Å². The summed E-state index contributed by atoms with van der Waals surface area (Å²) in [7, 11) is 0. The van der Waals surface area contributed by atoms with E-state index in [2.05, 4.69) is 29.7 Å². The van der Waals surface area contributed by atoms with Crippen LogP contribution in [0.2, 0.25) is 0 Å². The van der Waals surface area contributed by atoms with Gasteiger partial charge in [0, 0.05) is 33.9 Å². The van der Waals surface area contributed by atoms with Gasteiger partial charge in [-0.2, -0.15) is 0 Å². The van der Waals surface area contributed by atoms with Crippen LogP contribution in [-0.4, -0.2) is 31.7 Å². The van der Waals surface area contributed by atoms with E-state index in [4.69, 9.17) is 9.47 Å². The summed E-state index contributed by atoms with van der Waals surface area (Å²) < 4.78 is 11.5. The molecule has 27 heavy (non-hydrogen) atoms. The number of anilines is 1. The summed E-state index contributed by atoms with van der Waals surface area (Å²) in [5, 5.41) is 6.54. The lowest BCUT2D eigenvalue weighted by molar-refractivity contribution is -0.120. The van der Waals surface area contributed by atoms with E-state index in [-0.39, 0.29) is 11.8 Å². The van der Waals surface area contributed by atoms with Crippen molar-refractivity contribution in [2.75, 3.05) is 25.1 Å². The molecule has 142 valence electrons. The maximum Gasteiger partial charge on any atom is 0.227 e. The fourth-order valence-corrected chi connectivity index (χ4v) is 4.41. The fourth-order valence-electron chi connectivity index (χ4n) is 3.47. The van der Waals surface area contributed by atoms with E-state index in [0.717, 1.165) is 40.6 Å². The first kappa shape index (κ1) is 18.2. The molecule has 2 aromatic carbocycles. The number of ether oxygens (including phenoxy) is 2. The number of carbonyl (C=O) groups excluding carboxylic acids is 1. The summed E-state index contributed by atoms with van der Waals surface area (Å²) in [5.74, 6) is 1.53. The Morgan fingerprint density at radius 3 is 2.63 bits per heavy atom. The number of nitrogens with one attached hydrogen (secondary N) is 2.